The van der Waals surface area contributed by atoms with E-state index in [0.717, 1.165) is 22.3 Å². The van der Waals surface area contributed by atoms with Gasteiger partial charge in [0.1, 0.15) is 12.6 Å². The Labute approximate surface area is 186 Å². The number of benzene rings is 2. The lowest BCUT2D eigenvalue weighted by atomic mass is 9.98. The van der Waals surface area contributed by atoms with E-state index in [0.29, 0.717) is 0 Å². The fourth-order valence-electron chi connectivity index (χ4n) is 3.79. The molecule has 4 N–H and O–H groups in total. The molecule has 2 aromatic rings. The summed E-state index contributed by atoms with van der Waals surface area (Å²) >= 11 is 0. The first-order valence-electron chi connectivity index (χ1n) is 10.6. The number of rotatable bonds is 9. The molecule has 2 aromatic carbocycles. The summed E-state index contributed by atoms with van der Waals surface area (Å²) in [6.45, 7) is 3.37. The van der Waals surface area contributed by atoms with Gasteiger partial charge in [0, 0.05) is 18.6 Å². The van der Waals surface area contributed by atoms with Gasteiger partial charge in [0.15, 0.2) is 0 Å². The van der Waals surface area contributed by atoms with Crippen LogP contribution in [0.5, 0.6) is 0 Å². The number of aliphatic hydroxyl groups is 1. The first-order chi connectivity index (χ1) is 15.3. The molecular weight excluding hydrogens is 412 g/mol. The molecule has 3 atom stereocenters. The third kappa shape index (κ3) is 5.26. The van der Waals surface area contributed by atoms with Gasteiger partial charge in [-0.2, -0.15) is 0 Å². The number of hydrogen-bond acceptors (Lipinski definition) is 5. The molecule has 8 nitrogen and oxygen atoms in total. The maximum Gasteiger partial charge on any atom is 0.407 e. The number of ether oxygens (including phenoxy) is 1. The van der Waals surface area contributed by atoms with Crippen LogP contribution in [0.25, 0.3) is 11.1 Å². The number of fused-ring (bicyclic) bond motifs is 3. The third-order valence-electron chi connectivity index (χ3n) is 5.84. The molecule has 8 heteroatoms. The lowest BCUT2D eigenvalue weighted by molar-refractivity contribution is -0.140. The van der Waals surface area contributed by atoms with Crippen molar-refractivity contribution < 1.29 is 29.3 Å². The number of carboxylic acids is 1. The molecule has 0 fully saturated rings. The second-order valence-corrected chi connectivity index (χ2v) is 8.08. The van der Waals surface area contributed by atoms with E-state index in [4.69, 9.17) is 9.84 Å². The van der Waals surface area contributed by atoms with E-state index < -0.39 is 36.5 Å². The number of hydrogen-bond donors (Lipinski definition) is 4. The Bertz CT molecular complexity index is 946. The molecule has 2 amide bonds. The summed E-state index contributed by atoms with van der Waals surface area (Å²) in [7, 11) is 0. The number of carboxylic acid groups (broad SMARTS) is 1. The monoisotopic (exact) mass is 440 g/mol. The zero-order valence-electron chi connectivity index (χ0n) is 18.1. The standard InChI is InChI=1S/C24H28N2O6/c1-14(12-27)15(2)25-23(30)21(11-22(28)29)26-24(31)32-13-20-18-9-5-3-7-16(18)17-8-4-6-10-19(17)20/h3-10,14-15,20-21,27H,11-13H2,1-2H3,(H,25,30)(H,26,31)(H,28,29). The molecule has 3 unspecified atom stereocenters. The molecule has 170 valence electrons. The van der Waals surface area contributed by atoms with Gasteiger partial charge in [0.05, 0.1) is 6.42 Å². The highest BCUT2D eigenvalue weighted by atomic mass is 16.5. The Morgan fingerprint density at radius 3 is 2.06 bits per heavy atom. The number of nitrogens with one attached hydrogen (secondary N) is 2. The number of carbonyl (C=O) groups is 3. The molecule has 0 heterocycles. The summed E-state index contributed by atoms with van der Waals surface area (Å²) in [4.78, 5) is 36.2. The molecular formula is C24H28N2O6. The number of carbonyl (C=O) groups excluding carboxylic acids is 2. The van der Waals surface area contributed by atoms with Crippen molar-refractivity contribution >= 4 is 18.0 Å². The fourth-order valence-corrected chi connectivity index (χ4v) is 3.79. The topological polar surface area (TPSA) is 125 Å². The minimum atomic E-state index is -1.29. The highest BCUT2D eigenvalue weighted by Crippen LogP contribution is 2.44. The molecule has 0 aliphatic heterocycles. The molecule has 0 spiro atoms. The number of aliphatic carboxylic acids is 1. The maximum atomic E-state index is 12.5. The average Bonchev–Trinajstić information content (AvgIpc) is 3.10. The Balaban J connectivity index is 1.65. The van der Waals surface area contributed by atoms with Crippen molar-refractivity contribution in [2.45, 2.75) is 38.3 Å². The first kappa shape index (κ1) is 23.3. The summed E-state index contributed by atoms with van der Waals surface area (Å²) in [5.41, 5.74) is 4.28. The zero-order valence-corrected chi connectivity index (χ0v) is 18.1. The highest BCUT2D eigenvalue weighted by Gasteiger charge is 2.30. The molecule has 0 aromatic heterocycles. The number of aliphatic hydroxyl groups excluding tert-OH is 1. The summed E-state index contributed by atoms with van der Waals surface area (Å²) in [6, 6.07) is 14.1. The van der Waals surface area contributed by atoms with Crippen LogP contribution in [-0.4, -0.2) is 53.5 Å². The molecule has 3 rings (SSSR count). The smallest absolute Gasteiger partial charge is 0.407 e. The second-order valence-electron chi connectivity index (χ2n) is 8.08. The fraction of sp³-hybridized carbons (Fsp3) is 0.375. The van der Waals surface area contributed by atoms with Crippen molar-refractivity contribution in [1.82, 2.24) is 10.6 Å². The van der Waals surface area contributed by atoms with E-state index in [1.807, 2.05) is 48.5 Å². The predicted octanol–water partition coefficient (Wildman–Crippen LogP) is 2.50. The van der Waals surface area contributed by atoms with Crippen LogP contribution >= 0.6 is 0 Å². The van der Waals surface area contributed by atoms with Gasteiger partial charge in [-0.15, -0.1) is 0 Å². The van der Waals surface area contributed by atoms with E-state index in [1.165, 1.54) is 0 Å². The van der Waals surface area contributed by atoms with Gasteiger partial charge in [-0.05, 0) is 35.1 Å². The van der Waals surface area contributed by atoms with E-state index >= 15 is 0 Å². The molecule has 0 radical (unpaired) electrons. The van der Waals surface area contributed by atoms with E-state index in [2.05, 4.69) is 10.6 Å². The molecule has 0 bridgehead atoms. The Kier molecular flexibility index (Phi) is 7.48. The normalized spacial score (nSPS) is 15.1. The first-order valence-corrected chi connectivity index (χ1v) is 10.6. The van der Waals surface area contributed by atoms with Crippen LogP contribution < -0.4 is 10.6 Å². The van der Waals surface area contributed by atoms with Crippen molar-refractivity contribution in [3.05, 3.63) is 59.7 Å². The van der Waals surface area contributed by atoms with E-state index in [1.54, 1.807) is 13.8 Å². The summed E-state index contributed by atoms with van der Waals surface area (Å²) in [5, 5.41) is 23.4. The maximum absolute atomic E-state index is 12.5. The van der Waals surface area contributed by atoms with Crippen molar-refractivity contribution in [3.63, 3.8) is 0 Å². The van der Waals surface area contributed by atoms with Gasteiger partial charge in [-0.3, -0.25) is 9.59 Å². The Hall–Kier alpha value is -3.39. The van der Waals surface area contributed by atoms with Gasteiger partial charge in [0.25, 0.3) is 0 Å². The van der Waals surface area contributed by atoms with Crippen LogP contribution in [-0.2, 0) is 14.3 Å². The molecule has 32 heavy (non-hydrogen) atoms. The Morgan fingerprint density at radius 1 is 0.969 bits per heavy atom. The summed E-state index contributed by atoms with van der Waals surface area (Å²) in [5.74, 6) is -2.25. The SMILES string of the molecule is CC(CO)C(C)NC(=O)C(CC(=O)O)NC(=O)OCC1c2ccccc2-c2ccccc21. The minimum absolute atomic E-state index is 0.0548. The van der Waals surface area contributed by atoms with Gasteiger partial charge in [-0.25, -0.2) is 4.79 Å². The van der Waals surface area contributed by atoms with Crippen molar-refractivity contribution in [1.29, 1.82) is 0 Å². The van der Waals surface area contributed by atoms with Crippen LogP contribution in [0.1, 0.15) is 37.3 Å². The largest absolute Gasteiger partial charge is 0.481 e. The lowest BCUT2D eigenvalue weighted by Crippen LogP contribution is -2.51. The summed E-state index contributed by atoms with van der Waals surface area (Å²) in [6.07, 6.45) is -1.45. The van der Waals surface area contributed by atoms with Crippen molar-refractivity contribution in [2.24, 2.45) is 5.92 Å². The molecule has 1 aliphatic carbocycles. The molecule has 0 saturated carbocycles. The predicted molar refractivity (Wildman–Crippen MR) is 118 cm³/mol. The highest BCUT2D eigenvalue weighted by molar-refractivity contribution is 5.89. The van der Waals surface area contributed by atoms with E-state index in [9.17, 15) is 19.5 Å². The van der Waals surface area contributed by atoms with Crippen LogP contribution in [0, 0.1) is 5.92 Å². The van der Waals surface area contributed by atoms with E-state index in [-0.39, 0.29) is 25.0 Å². The minimum Gasteiger partial charge on any atom is -0.481 e. The molecule has 0 saturated heterocycles. The number of alkyl carbamates (subject to hydrolysis) is 1. The molecule has 1 aliphatic rings. The van der Waals surface area contributed by atoms with Crippen LogP contribution in [0.3, 0.4) is 0 Å². The van der Waals surface area contributed by atoms with Crippen molar-refractivity contribution in [2.75, 3.05) is 13.2 Å². The van der Waals surface area contributed by atoms with Crippen molar-refractivity contribution in [3.8, 4) is 11.1 Å². The number of amides is 2. The van der Waals surface area contributed by atoms with Gasteiger partial charge in [-0.1, -0.05) is 55.5 Å². The second kappa shape index (κ2) is 10.3. The van der Waals surface area contributed by atoms with Crippen LogP contribution in [0.4, 0.5) is 4.79 Å². The lowest BCUT2D eigenvalue weighted by Gasteiger charge is -2.23. The van der Waals surface area contributed by atoms with Crippen LogP contribution in [0.15, 0.2) is 48.5 Å². The van der Waals surface area contributed by atoms with Gasteiger partial charge in [0.2, 0.25) is 5.91 Å². The summed E-state index contributed by atoms with van der Waals surface area (Å²) < 4.78 is 5.41. The Morgan fingerprint density at radius 2 is 1.53 bits per heavy atom. The zero-order chi connectivity index (χ0) is 23.3. The van der Waals surface area contributed by atoms with Gasteiger partial charge >= 0.3 is 12.1 Å². The quantitative estimate of drug-likeness (QED) is 0.475. The van der Waals surface area contributed by atoms with Gasteiger partial charge < -0.3 is 25.6 Å². The third-order valence-corrected chi connectivity index (χ3v) is 5.84. The average molecular weight is 440 g/mol. The van der Waals surface area contributed by atoms with Crippen LogP contribution in [0.2, 0.25) is 0 Å².